The molecule has 1 heterocycles. The van der Waals surface area contributed by atoms with Gasteiger partial charge in [-0.3, -0.25) is 4.79 Å². The third kappa shape index (κ3) is 4.60. The maximum Gasteiger partial charge on any atom is 0.251 e. The van der Waals surface area contributed by atoms with Gasteiger partial charge in [-0.05, 0) is 55.0 Å². The van der Waals surface area contributed by atoms with Crippen molar-refractivity contribution in [3.8, 4) is 0 Å². The Morgan fingerprint density at radius 2 is 1.71 bits per heavy atom. The lowest BCUT2D eigenvalue weighted by Crippen LogP contribution is -2.41. The minimum absolute atomic E-state index is 0.0854. The van der Waals surface area contributed by atoms with E-state index in [2.05, 4.69) is 5.32 Å². The van der Waals surface area contributed by atoms with E-state index in [0.717, 1.165) is 5.56 Å². The lowest BCUT2D eigenvalue weighted by Gasteiger charge is -2.33. The van der Waals surface area contributed by atoms with Crippen LogP contribution in [0.2, 0.25) is 0 Å². The molecule has 1 unspecified atom stereocenters. The first-order chi connectivity index (χ1) is 13.4. The summed E-state index contributed by atoms with van der Waals surface area (Å²) in [4.78, 5) is 11.8. The molecule has 0 spiro atoms. The van der Waals surface area contributed by atoms with Gasteiger partial charge >= 0.3 is 0 Å². The van der Waals surface area contributed by atoms with E-state index in [9.17, 15) is 18.3 Å². The Morgan fingerprint density at radius 3 is 2.29 bits per heavy atom. The van der Waals surface area contributed by atoms with Crippen LogP contribution in [0.15, 0.2) is 59.5 Å². The summed E-state index contributed by atoms with van der Waals surface area (Å²) in [5, 5.41) is 13.0. The van der Waals surface area contributed by atoms with E-state index in [4.69, 9.17) is 0 Å². The van der Waals surface area contributed by atoms with Crippen molar-refractivity contribution in [2.45, 2.75) is 30.3 Å². The van der Waals surface area contributed by atoms with Crippen LogP contribution < -0.4 is 5.32 Å². The second kappa shape index (κ2) is 8.86. The van der Waals surface area contributed by atoms with E-state index >= 15 is 0 Å². The molecule has 1 amide bonds. The normalized spacial score (nSPS) is 17.2. The van der Waals surface area contributed by atoms with E-state index in [0.29, 0.717) is 37.9 Å². The number of rotatable bonds is 6. The zero-order valence-electron chi connectivity index (χ0n) is 15.9. The molecule has 0 saturated carbocycles. The number of aliphatic hydroxyl groups is 1. The van der Waals surface area contributed by atoms with Crippen molar-refractivity contribution < 1.29 is 18.3 Å². The second-order valence-electron chi connectivity index (χ2n) is 7.10. The van der Waals surface area contributed by atoms with Crippen LogP contribution in [0.3, 0.4) is 0 Å². The molecule has 150 valence electrons. The summed E-state index contributed by atoms with van der Waals surface area (Å²) in [7, 11) is -2.07. The standard InChI is InChI=1S/C21H26N2O4S/c1-22-21(25)18-7-9-19(10-8-18)28(26,27)23-13-11-17(12-14-23)20(24)15-16-5-3-2-4-6-16/h2-10,17,20,24H,11-15H2,1H3,(H,22,25). The van der Waals surface area contributed by atoms with Gasteiger partial charge in [0.05, 0.1) is 11.0 Å². The summed E-state index contributed by atoms with van der Waals surface area (Å²) in [6, 6.07) is 15.8. The maximum absolute atomic E-state index is 12.9. The molecule has 1 aliphatic heterocycles. The van der Waals surface area contributed by atoms with Gasteiger partial charge in [0, 0.05) is 25.7 Å². The lowest BCUT2D eigenvalue weighted by atomic mass is 9.89. The molecule has 1 aliphatic rings. The summed E-state index contributed by atoms with van der Waals surface area (Å²) < 4.78 is 27.2. The number of nitrogens with one attached hydrogen (secondary N) is 1. The predicted octanol–water partition coefficient (Wildman–Crippen LogP) is 2.05. The number of hydrogen-bond donors (Lipinski definition) is 2. The van der Waals surface area contributed by atoms with Gasteiger partial charge in [0.15, 0.2) is 0 Å². The summed E-state index contributed by atoms with van der Waals surface area (Å²) in [5.41, 5.74) is 1.51. The first-order valence-corrected chi connectivity index (χ1v) is 10.9. The highest BCUT2D eigenvalue weighted by molar-refractivity contribution is 7.89. The quantitative estimate of drug-likeness (QED) is 0.774. The van der Waals surface area contributed by atoms with E-state index in [1.54, 1.807) is 0 Å². The third-order valence-electron chi connectivity index (χ3n) is 5.31. The average molecular weight is 403 g/mol. The fraction of sp³-hybridized carbons (Fsp3) is 0.381. The molecule has 0 radical (unpaired) electrons. The highest BCUT2D eigenvalue weighted by atomic mass is 32.2. The van der Waals surface area contributed by atoms with Crippen molar-refractivity contribution >= 4 is 15.9 Å². The van der Waals surface area contributed by atoms with Crippen molar-refractivity contribution in [2.75, 3.05) is 20.1 Å². The molecule has 0 bridgehead atoms. The van der Waals surface area contributed by atoms with Crippen molar-refractivity contribution in [1.29, 1.82) is 0 Å². The summed E-state index contributed by atoms with van der Waals surface area (Å²) in [6.07, 6.45) is 1.37. The average Bonchev–Trinajstić information content (AvgIpc) is 2.74. The smallest absolute Gasteiger partial charge is 0.251 e. The van der Waals surface area contributed by atoms with E-state index in [-0.39, 0.29) is 16.7 Å². The van der Waals surface area contributed by atoms with E-state index in [1.807, 2.05) is 30.3 Å². The Labute approximate surface area is 166 Å². The van der Waals surface area contributed by atoms with Gasteiger partial charge in [-0.2, -0.15) is 4.31 Å². The number of sulfonamides is 1. The van der Waals surface area contributed by atoms with Crippen LogP contribution in [-0.2, 0) is 16.4 Å². The van der Waals surface area contributed by atoms with Crippen molar-refractivity contribution in [2.24, 2.45) is 5.92 Å². The van der Waals surface area contributed by atoms with Gasteiger partial charge in [0.2, 0.25) is 10.0 Å². The van der Waals surface area contributed by atoms with Gasteiger partial charge in [-0.25, -0.2) is 8.42 Å². The minimum Gasteiger partial charge on any atom is -0.392 e. The van der Waals surface area contributed by atoms with Crippen LogP contribution in [0.4, 0.5) is 0 Å². The molecule has 3 rings (SSSR count). The van der Waals surface area contributed by atoms with Gasteiger partial charge in [-0.15, -0.1) is 0 Å². The van der Waals surface area contributed by atoms with Crippen LogP contribution in [0.5, 0.6) is 0 Å². The van der Waals surface area contributed by atoms with Gasteiger partial charge in [-0.1, -0.05) is 30.3 Å². The third-order valence-corrected chi connectivity index (χ3v) is 7.22. The number of aliphatic hydroxyl groups excluding tert-OH is 1. The molecule has 6 nitrogen and oxygen atoms in total. The van der Waals surface area contributed by atoms with Crippen LogP contribution in [0.1, 0.15) is 28.8 Å². The monoisotopic (exact) mass is 402 g/mol. The molecular weight excluding hydrogens is 376 g/mol. The molecule has 1 saturated heterocycles. The predicted molar refractivity (Wildman–Crippen MR) is 107 cm³/mol. The zero-order valence-corrected chi connectivity index (χ0v) is 16.7. The fourth-order valence-electron chi connectivity index (χ4n) is 3.59. The number of hydrogen-bond acceptors (Lipinski definition) is 4. The van der Waals surface area contributed by atoms with Gasteiger partial charge in [0.1, 0.15) is 0 Å². The molecule has 2 N–H and O–H groups in total. The highest BCUT2D eigenvalue weighted by Crippen LogP contribution is 2.27. The van der Waals surface area contributed by atoms with Crippen LogP contribution in [0.25, 0.3) is 0 Å². The molecule has 2 aromatic rings. The zero-order chi connectivity index (χ0) is 20.1. The van der Waals surface area contributed by atoms with Gasteiger partial charge in [0.25, 0.3) is 5.91 Å². The van der Waals surface area contributed by atoms with Gasteiger partial charge < -0.3 is 10.4 Å². The minimum atomic E-state index is -3.60. The first kappa shape index (κ1) is 20.5. The summed E-state index contributed by atoms with van der Waals surface area (Å²) in [5.74, 6) is -0.167. The summed E-state index contributed by atoms with van der Waals surface area (Å²) in [6.45, 7) is 0.770. The number of nitrogens with zero attached hydrogens (tertiary/aromatic N) is 1. The number of carbonyl (C=O) groups is 1. The van der Waals surface area contributed by atoms with Crippen LogP contribution in [-0.4, -0.2) is 50.0 Å². The van der Waals surface area contributed by atoms with E-state index in [1.165, 1.54) is 35.6 Å². The van der Waals surface area contributed by atoms with Crippen LogP contribution in [0, 0.1) is 5.92 Å². The number of carbonyl (C=O) groups excluding carboxylic acids is 1. The Balaban J connectivity index is 1.61. The van der Waals surface area contributed by atoms with Crippen molar-refractivity contribution in [3.05, 3.63) is 65.7 Å². The molecule has 1 fully saturated rings. The van der Waals surface area contributed by atoms with E-state index < -0.39 is 16.1 Å². The topological polar surface area (TPSA) is 86.7 Å². The Bertz CT molecular complexity index is 890. The molecule has 0 aromatic heterocycles. The summed E-state index contributed by atoms with van der Waals surface area (Å²) >= 11 is 0. The number of amides is 1. The fourth-order valence-corrected chi connectivity index (χ4v) is 5.06. The van der Waals surface area contributed by atoms with Crippen molar-refractivity contribution in [3.63, 3.8) is 0 Å². The Hall–Kier alpha value is -2.22. The molecule has 2 aromatic carbocycles. The van der Waals surface area contributed by atoms with Crippen molar-refractivity contribution in [1.82, 2.24) is 9.62 Å². The second-order valence-corrected chi connectivity index (χ2v) is 9.04. The molecule has 1 atom stereocenters. The maximum atomic E-state index is 12.9. The SMILES string of the molecule is CNC(=O)c1ccc(S(=O)(=O)N2CCC(C(O)Cc3ccccc3)CC2)cc1. The Kier molecular flexibility index (Phi) is 6.49. The molecular formula is C21H26N2O4S. The molecule has 7 heteroatoms. The highest BCUT2D eigenvalue weighted by Gasteiger charge is 2.32. The Morgan fingerprint density at radius 1 is 1.11 bits per heavy atom. The first-order valence-electron chi connectivity index (χ1n) is 9.46. The number of piperidine rings is 1. The molecule has 0 aliphatic carbocycles. The van der Waals surface area contributed by atoms with Crippen LogP contribution >= 0.6 is 0 Å². The number of benzene rings is 2. The lowest BCUT2D eigenvalue weighted by molar-refractivity contribution is 0.0765. The molecule has 28 heavy (non-hydrogen) atoms. The largest absolute Gasteiger partial charge is 0.392 e.